The van der Waals surface area contributed by atoms with Gasteiger partial charge in [0.2, 0.25) is 23.6 Å². The zero-order valence-corrected chi connectivity index (χ0v) is 60.1. The Labute approximate surface area is 634 Å². The van der Waals surface area contributed by atoms with Gasteiger partial charge < -0.3 is 229 Å². The second-order valence-electron chi connectivity index (χ2n) is 28.2. The monoisotopic (exact) mass is 1640 g/mol. The van der Waals surface area contributed by atoms with Gasteiger partial charge >= 0.3 is 0 Å². The first-order valence-electron chi connectivity index (χ1n) is 35.6. The van der Waals surface area contributed by atoms with Crippen LogP contribution in [0.15, 0.2) is 0 Å². The summed E-state index contributed by atoms with van der Waals surface area (Å²) in [6.45, 7) is -6.45. The number of rotatable bonds is 29. The molecule has 9 rings (SSSR count). The number of ether oxygens (including phenoxy) is 17. The number of hydrogen-bond acceptors (Lipinski definition) is 46. The highest BCUT2D eigenvalue weighted by Gasteiger charge is 2.62. The summed E-state index contributed by atoms with van der Waals surface area (Å²) in [5, 5.41) is 287. The van der Waals surface area contributed by atoms with Crippen molar-refractivity contribution < 1.29 is 227 Å². The average Bonchev–Trinajstić information content (AvgIpc) is 0.764. The minimum atomic E-state index is -2.66. The molecular formula is C62H104N4O46. The molecule has 0 aliphatic carbocycles. The van der Waals surface area contributed by atoms with Crippen LogP contribution in [0.1, 0.15) is 27.7 Å². The number of carbonyl (C=O) groups is 4. The predicted octanol–water partition coefficient (Wildman–Crippen LogP) is -20.1. The molecule has 45 unspecified atom stereocenters. The molecule has 0 aromatic rings. The van der Waals surface area contributed by atoms with Crippen molar-refractivity contribution in [3.63, 3.8) is 0 Å². The van der Waals surface area contributed by atoms with Gasteiger partial charge in [-0.15, -0.1) is 0 Å². The van der Waals surface area contributed by atoms with Gasteiger partial charge in [0.15, 0.2) is 56.6 Å². The zero-order valence-electron chi connectivity index (χ0n) is 60.1. The van der Waals surface area contributed by atoms with Crippen LogP contribution in [-0.2, 0) is 99.7 Å². The minimum Gasteiger partial charge on any atom is -0.394 e. The van der Waals surface area contributed by atoms with Crippen LogP contribution in [0.3, 0.4) is 0 Å². The molecule has 112 heavy (non-hydrogen) atoms. The molecule has 0 saturated carbocycles. The standard InChI is InChI=1S/C62H104N4O46/c1-14(75)63-27-37(85)47(23(10-72)97-54(27)95)108-60-46(94)51(110-62-53(43(91)35(83)22(9-71)102-62)112-57-30(66-17(4)78)39(87)49(25(12-74)104-57)107-59-45(93)41(89)33(81)20(7-69)100-59)50(109-55-28(64-15(2)76)36(84)31(79)18(5-67)98-55)26(105-60)13-96-61-52(42(90)34(82)21(8-70)101-61)111-56-29(65-16(3)77)38(86)48(24(11-73)103-56)106-58-44(92)40(88)32(80)19(6-68)99-58/h18-62,67-74,79-95H,5-13H2,1-4H3,(H,63,75)(H,64,76)(H,65,77)(H,66,78). The number of aliphatic hydroxyl groups is 25. The van der Waals surface area contributed by atoms with E-state index in [4.69, 9.17) is 80.5 Å². The number of carbonyl (C=O) groups excluding carboxylic acids is 4. The molecule has 0 spiro atoms. The Bertz CT molecular complexity index is 2970. The van der Waals surface area contributed by atoms with Crippen molar-refractivity contribution >= 4 is 23.6 Å². The number of nitrogens with one attached hydrogen (secondary N) is 4. The van der Waals surface area contributed by atoms with E-state index in [1.807, 2.05) is 0 Å². The summed E-state index contributed by atoms with van der Waals surface area (Å²) in [6.07, 6.45) is -87.5. The van der Waals surface area contributed by atoms with Gasteiger partial charge in [-0.3, -0.25) is 19.2 Å². The van der Waals surface area contributed by atoms with Gasteiger partial charge in [-0.05, 0) is 0 Å². The molecule has 0 aromatic heterocycles. The SMILES string of the molecule is CC(=O)NC1C(O)OC(CO)C(OC2OC(COC3OC(CO)C(O)C(O)C3OC3OC(CO)C(OC4OC(CO)C(O)C(O)C4O)C(O)C3NC(C)=O)C(OC3OC(CO)C(O)C(O)C3NC(C)=O)C(OC3OC(CO)C(O)C(O)C3OC3OC(CO)C(OC4OC(CO)C(O)C(O)C4O)C(O)C3NC(C)=O)C2O)C1O. The van der Waals surface area contributed by atoms with Crippen molar-refractivity contribution in [1.82, 2.24) is 21.3 Å². The number of amides is 4. The molecule has 9 aliphatic heterocycles. The molecule has 9 heterocycles. The van der Waals surface area contributed by atoms with E-state index in [9.17, 15) is 147 Å². The highest BCUT2D eigenvalue weighted by molar-refractivity contribution is 5.74. The third-order valence-electron chi connectivity index (χ3n) is 20.4. The van der Waals surface area contributed by atoms with Crippen LogP contribution in [-0.4, -0.2) is 487 Å². The first-order valence-corrected chi connectivity index (χ1v) is 35.6. The largest absolute Gasteiger partial charge is 0.394 e. The Morgan fingerprint density at radius 1 is 0.232 bits per heavy atom. The average molecular weight is 1640 g/mol. The van der Waals surface area contributed by atoms with Gasteiger partial charge in [0, 0.05) is 27.7 Å². The van der Waals surface area contributed by atoms with Crippen LogP contribution >= 0.6 is 0 Å². The molecule has 45 atom stereocenters. The van der Waals surface area contributed by atoms with Gasteiger partial charge in [-0.2, -0.15) is 0 Å². The molecule has 9 saturated heterocycles. The van der Waals surface area contributed by atoms with Crippen molar-refractivity contribution in [2.24, 2.45) is 0 Å². The third-order valence-corrected chi connectivity index (χ3v) is 20.4. The molecule has 50 nitrogen and oxygen atoms in total. The predicted molar refractivity (Wildman–Crippen MR) is 343 cm³/mol. The molecule has 0 bridgehead atoms. The first-order chi connectivity index (χ1) is 53.0. The van der Waals surface area contributed by atoms with E-state index in [1.165, 1.54) is 0 Å². The molecule has 0 aromatic carbocycles. The molecule has 9 aliphatic rings. The third kappa shape index (κ3) is 20.2. The zero-order chi connectivity index (χ0) is 82.5. The van der Waals surface area contributed by atoms with Crippen molar-refractivity contribution in [3.05, 3.63) is 0 Å². The summed E-state index contributed by atoms with van der Waals surface area (Å²) in [6, 6.07) is -7.75. The summed E-state index contributed by atoms with van der Waals surface area (Å²) in [7, 11) is 0. The van der Waals surface area contributed by atoms with E-state index >= 15 is 0 Å². The maximum atomic E-state index is 13.1. The lowest BCUT2D eigenvalue weighted by molar-refractivity contribution is -0.408. The topological polar surface area (TPSA) is 779 Å². The smallest absolute Gasteiger partial charge is 0.217 e. The Morgan fingerprint density at radius 2 is 0.491 bits per heavy atom. The Morgan fingerprint density at radius 3 is 0.875 bits per heavy atom. The fraction of sp³-hybridized carbons (Fsp3) is 0.935. The molecule has 0 radical (unpaired) electrons. The number of hydrogen-bond donors (Lipinski definition) is 29. The molecular weight excluding hydrogens is 1540 g/mol. The second kappa shape index (κ2) is 40.3. The van der Waals surface area contributed by atoms with Crippen LogP contribution < -0.4 is 21.3 Å². The van der Waals surface area contributed by atoms with Crippen molar-refractivity contribution in [1.29, 1.82) is 0 Å². The second-order valence-corrected chi connectivity index (χ2v) is 28.2. The lowest BCUT2D eigenvalue weighted by atomic mass is 9.93. The van der Waals surface area contributed by atoms with Crippen molar-refractivity contribution in [2.75, 3.05) is 59.5 Å². The van der Waals surface area contributed by atoms with Crippen molar-refractivity contribution in [2.45, 2.75) is 304 Å². The summed E-state index contributed by atoms with van der Waals surface area (Å²) in [5.74, 6) is -3.79. The maximum absolute atomic E-state index is 13.1. The maximum Gasteiger partial charge on any atom is 0.217 e. The molecule has 4 amide bonds. The van der Waals surface area contributed by atoms with E-state index in [2.05, 4.69) is 21.3 Å². The highest BCUT2D eigenvalue weighted by atomic mass is 16.8. The Balaban J connectivity index is 1.14. The van der Waals surface area contributed by atoms with Crippen LogP contribution in [0.5, 0.6) is 0 Å². The highest BCUT2D eigenvalue weighted by Crippen LogP contribution is 2.41. The van der Waals surface area contributed by atoms with Gasteiger partial charge in [0.25, 0.3) is 0 Å². The van der Waals surface area contributed by atoms with E-state index in [-0.39, 0.29) is 0 Å². The van der Waals surface area contributed by atoms with Crippen LogP contribution in [0.4, 0.5) is 0 Å². The lowest BCUT2D eigenvalue weighted by Crippen LogP contribution is -2.71. The molecule has 29 N–H and O–H groups in total. The summed E-state index contributed by atoms with van der Waals surface area (Å²) >= 11 is 0. The number of aliphatic hydroxyl groups excluding tert-OH is 25. The quantitative estimate of drug-likeness (QED) is 0.0331. The van der Waals surface area contributed by atoms with Crippen molar-refractivity contribution in [3.8, 4) is 0 Å². The summed E-state index contributed by atoms with van der Waals surface area (Å²) in [5.41, 5.74) is 0. The van der Waals surface area contributed by atoms with E-state index in [0.717, 1.165) is 27.7 Å². The van der Waals surface area contributed by atoms with Gasteiger partial charge in [0.05, 0.1) is 59.5 Å². The van der Waals surface area contributed by atoms with Gasteiger partial charge in [-0.25, -0.2) is 0 Å². The van der Waals surface area contributed by atoms with Gasteiger partial charge in [0.1, 0.15) is 219 Å². The van der Waals surface area contributed by atoms with E-state index in [0.29, 0.717) is 0 Å². The van der Waals surface area contributed by atoms with Crippen LogP contribution in [0.25, 0.3) is 0 Å². The van der Waals surface area contributed by atoms with Crippen LogP contribution in [0.2, 0.25) is 0 Å². The summed E-state index contributed by atoms with van der Waals surface area (Å²) < 4.78 is 102. The van der Waals surface area contributed by atoms with E-state index < -0.39 is 359 Å². The normalized spacial score (nSPS) is 48.9. The summed E-state index contributed by atoms with van der Waals surface area (Å²) in [4.78, 5) is 51.5. The molecule has 648 valence electrons. The Hall–Kier alpha value is -3.80. The molecule has 50 heteroatoms. The fourth-order valence-corrected chi connectivity index (χ4v) is 14.4. The van der Waals surface area contributed by atoms with Crippen LogP contribution in [0, 0.1) is 0 Å². The van der Waals surface area contributed by atoms with Gasteiger partial charge in [-0.1, -0.05) is 0 Å². The Kier molecular flexibility index (Phi) is 33.1. The first kappa shape index (κ1) is 92.1. The lowest BCUT2D eigenvalue weighted by Gasteiger charge is -2.52. The molecule has 9 fully saturated rings. The fourth-order valence-electron chi connectivity index (χ4n) is 14.4. The minimum absolute atomic E-state index is 0.887. The van der Waals surface area contributed by atoms with E-state index in [1.54, 1.807) is 0 Å².